The fraction of sp³-hybridized carbons (Fsp3) is 0.500. The highest BCUT2D eigenvalue weighted by Crippen LogP contribution is 2.12. The molecule has 1 amide bonds. The van der Waals surface area contributed by atoms with E-state index in [1.54, 1.807) is 6.08 Å². The van der Waals surface area contributed by atoms with Crippen LogP contribution >= 0.6 is 15.9 Å². The van der Waals surface area contributed by atoms with Crippen LogP contribution in [-0.2, 0) is 4.79 Å². The molecule has 1 saturated heterocycles. The highest BCUT2D eigenvalue weighted by molar-refractivity contribution is 9.10. The summed E-state index contributed by atoms with van der Waals surface area (Å²) >= 11 is 3.42. The Hall–Kier alpha value is -1.13. The van der Waals surface area contributed by atoms with E-state index < -0.39 is 0 Å². The lowest BCUT2D eigenvalue weighted by molar-refractivity contribution is -0.126. The van der Waals surface area contributed by atoms with E-state index in [1.807, 2.05) is 35.2 Å². The van der Waals surface area contributed by atoms with Gasteiger partial charge in [0.25, 0.3) is 0 Å². The van der Waals surface area contributed by atoms with E-state index in [-0.39, 0.29) is 5.91 Å². The number of hydrogen-bond acceptors (Lipinski definition) is 2. The monoisotopic (exact) mass is 364 g/mol. The average Bonchev–Trinajstić information content (AvgIpc) is 3.04. The van der Waals surface area contributed by atoms with Crippen molar-refractivity contribution in [1.29, 1.82) is 0 Å². The van der Waals surface area contributed by atoms with Gasteiger partial charge in [0.15, 0.2) is 0 Å². The summed E-state index contributed by atoms with van der Waals surface area (Å²) < 4.78 is 1.05. The number of likely N-dealkylation sites (tertiary alicyclic amines) is 1. The van der Waals surface area contributed by atoms with Crippen molar-refractivity contribution in [2.24, 2.45) is 0 Å². The van der Waals surface area contributed by atoms with Crippen LogP contribution in [0.15, 0.2) is 34.8 Å². The molecule has 1 aliphatic rings. The zero-order valence-corrected chi connectivity index (χ0v) is 14.9. The molecule has 0 unspecified atom stereocenters. The summed E-state index contributed by atoms with van der Waals surface area (Å²) in [6.07, 6.45) is 7.18. The molecule has 3 nitrogen and oxygen atoms in total. The number of hydrogen-bond donors (Lipinski definition) is 0. The normalized spacial score (nSPS) is 15.5. The number of benzene rings is 1. The first-order chi connectivity index (χ1) is 10.7. The number of amides is 1. The Morgan fingerprint density at radius 1 is 1.23 bits per heavy atom. The fourth-order valence-electron chi connectivity index (χ4n) is 2.72. The number of carbonyl (C=O) groups excluding carboxylic acids is 1. The average molecular weight is 365 g/mol. The van der Waals surface area contributed by atoms with Gasteiger partial charge in [-0.3, -0.25) is 4.79 Å². The van der Waals surface area contributed by atoms with Gasteiger partial charge >= 0.3 is 0 Å². The Balaban J connectivity index is 1.88. The first-order valence-electron chi connectivity index (χ1n) is 8.14. The lowest BCUT2D eigenvalue weighted by atomic mass is 10.2. The van der Waals surface area contributed by atoms with Crippen LogP contribution in [0.25, 0.3) is 6.08 Å². The lowest BCUT2D eigenvalue weighted by Crippen LogP contribution is -2.37. The molecule has 4 heteroatoms. The van der Waals surface area contributed by atoms with Crippen LogP contribution in [-0.4, -0.2) is 48.4 Å². The second-order valence-electron chi connectivity index (χ2n) is 5.76. The standard InChI is InChI=1S/C18H25BrN2O/c1-2-11-21(15-14-20-12-3-4-13-20)18(22)10-7-16-5-8-17(19)9-6-16/h5-10H,2-4,11-15H2,1H3/b10-7+. The van der Waals surface area contributed by atoms with Gasteiger partial charge in [0.1, 0.15) is 0 Å². The minimum Gasteiger partial charge on any atom is -0.338 e. The van der Waals surface area contributed by atoms with E-state index in [9.17, 15) is 4.79 Å². The first-order valence-corrected chi connectivity index (χ1v) is 8.93. The smallest absolute Gasteiger partial charge is 0.246 e. The molecular formula is C18H25BrN2O. The molecule has 0 bridgehead atoms. The summed E-state index contributed by atoms with van der Waals surface area (Å²) in [5.41, 5.74) is 1.05. The minimum absolute atomic E-state index is 0.115. The zero-order valence-electron chi connectivity index (χ0n) is 13.3. The van der Waals surface area contributed by atoms with Gasteiger partial charge in [0.2, 0.25) is 5.91 Å². The van der Waals surface area contributed by atoms with E-state index in [2.05, 4.69) is 27.8 Å². The van der Waals surface area contributed by atoms with E-state index in [0.717, 1.165) is 36.1 Å². The van der Waals surface area contributed by atoms with Gasteiger partial charge < -0.3 is 9.80 Å². The largest absolute Gasteiger partial charge is 0.338 e. The van der Waals surface area contributed by atoms with Gasteiger partial charge in [-0.2, -0.15) is 0 Å². The van der Waals surface area contributed by atoms with Gasteiger partial charge in [-0.05, 0) is 56.1 Å². The predicted molar refractivity (Wildman–Crippen MR) is 95.7 cm³/mol. The van der Waals surface area contributed by atoms with Gasteiger partial charge in [-0.25, -0.2) is 0 Å². The number of carbonyl (C=O) groups is 1. The number of rotatable bonds is 7. The molecule has 22 heavy (non-hydrogen) atoms. The second-order valence-corrected chi connectivity index (χ2v) is 6.67. The summed E-state index contributed by atoms with van der Waals surface area (Å²) in [5.74, 6) is 0.115. The van der Waals surface area contributed by atoms with Gasteiger partial charge in [0, 0.05) is 30.2 Å². The fourth-order valence-corrected chi connectivity index (χ4v) is 2.98. The summed E-state index contributed by atoms with van der Waals surface area (Å²) in [6, 6.07) is 7.98. The zero-order chi connectivity index (χ0) is 15.8. The minimum atomic E-state index is 0.115. The van der Waals surface area contributed by atoms with Crippen molar-refractivity contribution in [2.75, 3.05) is 32.7 Å². The Morgan fingerprint density at radius 2 is 1.91 bits per heavy atom. The Morgan fingerprint density at radius 3 is 2.55 bits per heavy atom. The third-order valence-electron chi connectivity index (χ3n) is 3.98. The van der Waals surface area contributed by atoms with Gasteiger partial charge in [-0.15, -0.1) is 0 Å². The molecule has 0 spiro atoms. The summed E-state index contributed by atoms with van der Waals surface area (Å²) in [5, 5.41) is 0. The third-order valence-corrected chi connectivity index (χ3v) is 4.51. The number of nitrogens with zero attached hydrogens (tertiary/aromatic N) is 2. The Kier molecular flexibility index (Phi) is 7.13. The number of halogens is 1. The topological polar surface area (TPSA) is 23.6 Å². The van der Waals surface area contributed by atoms with Crippen LogP contribution in [0.2, 0.25) is 0 Å². The van der Waals surface area contributed by atoms with Crippen molar-refractivity contribution in [1.82, 2.24) is 9.80 Å². The molecule has 2 rings (SSSR count). The lowest BCUT2D eigenvalue weighted by Gasteiger charge is -2.24. The predicted octanol–water partition coefficient (Wildman–Crippen LogP) is 3.80. The maximum absolute atomic E-state index is 12.4. The van der Waals surface area contributed by atoms with Gasteiger partial charge in [-0.1, -0.05) is 35.0 Å². The maximum Gasteiger partial charge on any atom is 0.246 e. The molecule has 0 aliphatic carbocycles. The Labute approximate surface area is 142 Å². The second kappa shape index (κ2) is 9.11. The van der Waals surface area contributed by atoms with Crippen LogP contribution in [0.3, 0.4) is 0 Å². The molecule has 0 atom stereocenters. The molecular weight excluding hydrogens is 340 g/mol. The van der Waals surface area contributed by atoms with Crippen LogP contribution in [0, 0.1) is 0 Å². The van der Waals surface area contributed by atoms with E-state index in [0.29, 0.717) is 0 Å². The molecule has 0 radical (unpaired) electrons. The van der Waals surface area contributed by atoms with E-state index >= 15 is 0 Å². The van der Waals surface area contributed by atoms with Crippen LogP contribution in [0.1, 0.15) is 31.7 Å². The molecule has 1 aliphatic heterocycles. The van der Waals surface area contributed by atoms with Crippen molar-refractivity contribution in [3.05, 3.63) is 40.4 Å². The van der Waals surface area contributed by atoms with Crippen molar-refractivity contribution in [3.63, 3.8) is 0 Å². The van der Waals surface area contributed by atoms with Gasteiger partial charge in [0.05, 0.1) is 0 Å². The quantitative estimate of drug-likeness (QED) is 0.687. The van der Waals surface area contributed by atoms with E-state index in [1.165, 1.54) is 25.9 Å². The van der Waals surface area contributed by atoms with Crippen molar-refractivity contribution >= 4 is 27.9 Å². The van der Waals surface area contributed by atoms with Crippen LogP contribution in [0.5, 0.6) is 0 Å². The van der Waals surface area contributed by atoms with Crippen LogP contribution in [0.4, 0.5) is 0 Å². The molecule has 0 aromatic heterocycles. The SMILES string of the molecule is CCCN(CCN1CCCC1)C(=O)/C=C/c1ccc(Br)cc1. The Bertz CT molecular complexity index is 492. The summed E-state index contributed by atoms with van der Waals surface area (Å²) in [7, 11) is 0. The first kappa shape index (κ1) is 17.2. The molecule has 120 valence electrons. The highest BCUT2D eigenvalue weighted by atomic mass is 79.9. The summed E-state index contributed by atoms with van der Waals surface area (Å²) in [4.78, 5) is 16.8. The molecule has 1 fully saturated rings. The molecule has 1 heterocycles. The third kappa shape index (κ3) is 5.58. The van der Waals surface area contributed by atoms with Crippen LogP contribution < -0.4 is 0 Å². The maximum atomic E-state index is 12.4. The molecule has 1 aromatic rings. The van der Waals surface area contributed by atoms with Crippen molar-refractivity contribution in [2.45, 2.75) is 26.2 Å². The van der Waals surface area contributed by atoms with E-state index in [4.69, 9.17) is 0 Å². The molecule has 1 aromatic carbocycles. The van der Waals surface area contributed by atoms with Crippen molar-refractivity contribution in [3.8, 4) is 0 Å². The molecule has 0 saturated carbocycles. The molecule has 0 N–H and O–H groups in total. The highest BCUT2D eigenvalue weighted by Gasteiger charge is 2.15. The van der Waals surface area contributed by atoms with Crippen molar-refractivity contribution < 1.29 is 4.79 Å². The summed E-state index contributed by atoms with van der Waals surface area (Å²) in [6.45, 7) is 7.15.